The van der Waals surface area contributed by atoms with Crippen molar-refractivity contribution in [3.05, 3.63) is 34.8 Å². The Balaban J connectivity index is 2.36. The van der Waals surface area contributed by atoms with Crippen molar-refractivity contribution >= 4 is 19.2 Å². The number of hydrogen-bond donors (Lipinski definition) is 2. The molecule has 136 valence electrons. The first-order valence-electron chi connectivity index (χ1n) is 8.23. The quantitative estimate of drug-likeness (QED) is 0.771. The van der Waals surface area contributed by atoms with Crippen LogP contribution in [0.1, 0.15) is 43.6 Å². The van der Waals surface area contributed by atoms with Gasteiger partial charge in [-0.25, -0.2) is 4.79 Å². The minimum atomic E-state index is -1.02. The highest BCUT2D eigenvalue weighted by Gasteiger charge is 2.52. The predicted molar refractivity (Wildman–Crippen MR) is 97.9 cm³/mol. The summed E-state index contributed by atoms with van der Waals surface area (Å²) in [5.74, 6) is -0.701. The Morgan fingerprint density at radius 2 is 1.88 bits per heavy atom. The zero-order chi connectivity index (χ0) is 18.8. The molecule has 1 heterocycles. The van der Waals surface area contributed by atoms with Crippen molar-refractivity contribution in [3.8, 4) is 5.75 Å². The van der Waals surface area contributed by atoms with Crippen LogP contribution in [0.2, 0.25) is 0 Å². The van der Waals surface area contributed by atoms with E-state index in [2.05, 4.69) is 5.32 Å². The van der Waals surface area contributed by atoms with E-state index >= 15 is 0 Å². The Morgan fingerprint density at radius 3 is 2.36 bits per heavy atom. The molecule has 6 nitrogen and oxygen atoms in total. The second-order valence-electron chi connectivity index (χ2n) is 7.10. The summed E-state index contributed by atoms with van der Waals surface area (Å²) in [7, 11) is 2.84. The van der Waals surface area contributed by atoms with Crippen LogP contribution >= 0.6 is 0 Å². The number of carbonyl (C=O) groups is 1. The summed E-state index contributed by atoms with van der Waals surface area (Å²) in [5, 5.41) is 12.3. The van der Waals surface area contributed by atoms with Crippen molar-refractivity contribution in [2.45, 2.75) is 38.9 Å². The van der Waals surface area contributed by atoms with Crippen molar-refractivity contribution in [1.29, 1.82) is 0 Å². The molecule has 0 spiro atoms. The second-order valence-corrected chi connectivity index (χ2v) is 7.10. The molecule has 1 saturated heterocycles. The molecule has 1 fully saturated rings. The Morgan fingerprint density at radius 1 is 1.28 bits per heavy atom. The van der Waals surface area contributed by atoms with Gasteiger partial charge < -0.3 is 24.5 Å². The molecule has 1 aromatic carbocycles. The van der Waals surface area contributed by atoms with Gasteiger partial charge in [0.1, 0.15) is 11.3 Å². The Hall–Kier alpha value is -1.83. The maximum atomic E-state index is 11.2. The number of ether oxygens (including phenoxy) is 1. The van der Waals surface area contributed by atoms with Crippen LogP contribution in [0.25, 0.3) is 6.08 Å². The summed E-state index contributed by atoms with van der Waals surface area (Å²) in [6.07, 6.45) is 1.94. The SMILES string of the molecule is CNCC(=Cc1ccc(C(=O)O)c(OC)c1)B1OC(C)(C)C(C)(C)O1. The molecule has 0 radical (unpaired) electrons. The number of aromatic carboxylic acids is 1. The molecule has 25 heavy (non-hydrogen) atoms. The van der Waals surface area contributed by atoms with Crippen molar-refractivity contribution in [3.63, 3.8) is 0 Å². The van der Waals surface area contributed by atoms with Crippen molar-refractivity contribution in [1.82, 2.24) is 5.32 Å². The van der Waals surface area contributed by atoms with Gasteiger partial charge in [0.2, 0.25) is 0 Å². The van der Waals surface area contributed by atoms with Crippen LogP contribution in [0.5, 0.6) is 5.75 Å². The summed E-state index contributed by atoms with van der Waals surface area (Å²) < 4.78 is 17.4. The Labute approximate surface area is 149 Å². The van der Waals surface area contributed by atoms with Gasteiger partial charge in [-0.15, -0.1) is 0 Å². The number of hydrogen-bond acceptors (Lipinski definition) is 5. The first-order chi connectivity index (χ1) is 11.6. The van der Waals surface area contributed by atoms with E-state index in [0.29, 0.717) is 12.3 Å². The lowest BCUT2D eigenvalue weighted by molar-refractivity contribution is 0.00578. The third kappa shape index (κ3) is 4.06. The predicted octanol–water partition coefficient (Wildman–Crippen LogP) is 2.63. The van der Waals surface area contributed by atoms with Crippen molar-refractivity contribution < 1.29 is 23.9 Å². The minimum absolute atomic E-state index is 0.130. The molecule has 0 bridgehead atoms. The zero-order valence-electron chi connectivity index (χ0n) is 15.7. The number of nitrogens with one attached hydrogen (secondary N) is 1. The molecule has 0 atom stereocenters. The first-order valence-corrected chi connectivity index (χ1v) is 8.23. The van der Waals surface area contributed by atoms with Gasteiger partial charge in [0.05, 0.1) is 18.3 Å². The number of carboxylic acids is 1. The molecule has 7 heteroatoms. The highest BCUT2D eigenvalue weighted by atomic mass is 16.7. The molecule has 2 N–H and O–H groups in total. The number of likely N-dealkylation sites (N-methyl/N-ethyl adjacent to an activating group) is 1. The van der Waals surface area contributed by atoms with Crippen LogP contribution in [0.15, 0.2) is 23.7 Å². The van der Waals surface area contributed by atoms with E-state index in [1.807, 2.05) is 40.8 Å². The van der Waals surface area contributed by atoms with Gasteiger partial charge in [0, 0.05) is 6.54 Å². The van der Waals surface area contributed by atoms with Crippen LogP contribution in [-0.4, -0.2) is 50.1 Å². The smallest absolute Gasteiger partial charge is 0.491 e. The third-order valence-corrected chi connectivity index (χ3v) is 4.74. The summed E-state index contributed by atoms with van der Waals surface area (Å²) in [5.41, 5.74) is 1.03. The topological polar surface area (TPSA) is 77.0 Å². The van der Waals surface area contributed by atoms with E-state index in [4.69, 9.17) is 14.0 Å². The van der Waals surface area contributed by atoms with E-state index in [1.54, 1.807) is 12.1 Å². The molecular weight excluding hydrogens is 321 g/mol. The van der Waals surface area contributed by atoms with Gasteiger partial charge in [-0.1, -0.05) is 12.1 Å². The fourth-order valence-corrected chi connectivity index (χ4v) is 2.59. The van der Waals surface area contributed by atoms with Crippen LogP contribution in [0, 0.1) is 0 Å². The lowest BCUT2D eigenvalue weighted by atomic mass is 9.77. The van der Waals surface area contributed by atoms with Crippen LogP contribution in [-0.2, 0) is 9.31 Å². The van der Waals surface area contributed by atoms with Gasteiger partial charge in [-0.3, -0.25) is 0 Å². The highest BCUT2D eigenvalue weighted by molar-refractivity contribution is 6.55. The monoisotopic (exact) mass is 347 g/mol. The molecule has 0 aliphatic carbocycles. The van der Waals surface area contributed by atoms with E-state index in [-0.39, 0.29) is 5.56 Å². The van der Waals surface area contributed by atoms with Gasteiger partial charge >= 0.3 is 13.1 Å². The summed E-state index contributed by atoms with van der Waals surface area (Å²) in [4.78, 5) is 11.2. The molecule has 1 aliphatic rings. The fraction of sp³-hybridized carbons (Fsp3) is 0.500. The van der Waals surface area contributed by atoms with Gasteiger partial charge in [-0.05, 0) is 57.9 Å². The maximum absolute atomic E-state index is 11.2. The molecule has 1 aromatic rings. The van der Waals surface area contributed by atoms with E-state index in [1.165, 1.54) is 13.2 Å². The van der Waals surface area contributed by atoms with Gasteiger partial charge in [-0.2, -0.15) is 0 Å². The van der Waals surface area contributed by atoms with Crippen molar-refractivity contribution in [2.75, 3.05) is 20.7 Å². The fourth-order valence-electron chi connectivity index (χ4n) is 2.59. The van der Waals surface area contributed by atoms with Gasteiger partial charge in [0.25, 0.3) is 0 Å². The largest absolute Gasteiger partial charge is 0.496 e. The molecule has 2 rings (SSSR count). The average Bonchev–Trinajstić information content (AvgIpc) is 2.74. The summed E-state index contributed by atoms with van der Waals surface area (Å²) in [6.45, 7) is 8.62. The van der Waals surface area contributed by atoms with Crippen molar-refractivity contribution in [2.24, 2.45) is 0 Å². The third-order valence-electron chi connectivity index (χ3n) is 4.74. The standard InChI is InChI=1S/C18H26BNO5/c1-17(2)18(3,4)25-19(24-17)13(11-20-5)9-12-7-8-14(16(21)22)15(10-12)23-6/h7-10,20H,11H2,1-6H3,(H,21,22). The van der Waals surface area contributed by atoms with Crippen LogP contribution in [0.4, 0.5) is 0 Å². The van der Waals surface area contributed by atoms with E-state index < -0.39 is 24.3 Å². The van der Waals surface area contributed by atoms with E-state index in [0.717, 1.165) is 11.0 Å². The molecule has 0 saturated carbocycles. The Bertz CT molecular complexity index is 668. The minimum Gasteiger partial charge on any atom is -0.496 e. The zero-order valence-corrected chi connectivity index (χ0v) is 15.7. The molecular formula is C18H26BNO5. The Kier molecular flexibility index (Phi) is 5.61. The van der Waals surface area contributed by atoms with E-state index in [9.17, 15) is 9.90 Å². The molecule has 0 amide bonds. The number of methoxy groups -OCH3 is 1. The first kappa shape index (κ1) is 19.5. The van der Waals surface area contributed by atoms with Crippen LogP contribution < -0.4 is 10.1 Å². The number of rotatable bonds is 6. The molecule has 0 unspecified atom stereocenters. The summed E-state index contributed by atoms with van der Waals surface area (Å²) in [6, 6.07) is 4.98. The molecule has 1 aliphatic heterocycles. The summed E-state index contributed by atoms with van der Waals surface area (Å²) >= 11 is 0. The highest BCUT2D eigenvalue weighted by Crippen LogP contribution is 2.38. The van der Waals surface area contributed by atoms with Crippen LogP contribution in [0.3, 0.4) is 0 Å². The number of carboxylic acid groups (broad SMARTS) is 1. The lowest BCUT2D eigenvalue weighted by Crippen LogP contribution is -2.41. The van der Waals surface area contributed by atoms with Gasteiger partial charge in [0.15, 0.2) is 0 Å². The normalized spacial score (nSPS) is 19.1. The average molecular weight is 347 g/mol. The number of benzene rings is 1. The molecule has 0 aromatic heterocycles. The maximum Gasteiger partial charge on any atom is 0.491 e. The lowest BCUT2D eigenvalue weighted by Gasteiger charge is -2.32. The second kappa shape index (κ2) is 7.19.